The SMILES string of the molecule is COc1ccc(C)cc1CNc1ccccc1-c1nnc(-c2ccncc2)o1. The van der Waals surface area contributed by atoms with E-state index in [9.17, 15) is 0 Å². The first kappa shape index (κ1) is 17.7. The van der Waals surface area contributed by atoms with Gasteiger partial charge in [0.2, 0.25) is 11.8 Å². The number of nitrogens with zero attached hydrogens (tertiary/aromatic N) is 3. The van der Waals surface area contributed by atoms with Crippen LogP contribution in [-0.4, -0.2) is 22.3 Å². The van der Waals surface area contributed by atoms with Crippen LogP contribution in [0.4, 0.5) is 5.69 Å². The molecule has 4 aromatic rings. The summed E-state index contributed by atoms with van der Waals surface area (Å²) < 4.78 is 11.4. The summed E-state index contributed by atoms with van der Waals surface area (Å²) in [6.45, 7) is 2.68. The van der Waals surface area contributed by atoms with Crippen LogP contribution in [-0.2, 0) is 6.54 Å². The largest absolute Gasteiger partial charge is 0.496 e. The summed E-state index contributed by atoms with van der Waals surface area (Å²) in [5, 5.41) is 11.9. The molecule has 0 bridgehead atoms. The van der Waals surface area contributed by atoms with Crippen LogP contribution in [0.15, 0.2) is 71.4 Å². The van der Waals surface area contributed by atoms with Crippen molar-refractivity contribution >= 4 is 5.69 Å². The van der Waals surface area contributed by atoms with Gasteiger partial charge < -0.3 is 14.5 Å². The fraction of sp³-hybridized carbons (Fsp3) is 0.136. The van der Waals surface area contributed by atoms with Crippen molar-refractivity contribution in [2.75, 3.05) is 12.4 Å². The minimum Gasteiger partial charge on any atom is -0.496 e. The molecule has 4 rings (SSSR count). The number of nitrogens with one attached hydrogen (secondary N) is 1. The zero-order valence-corrected chi connectivity index (χ0v) is 15.7. The van der Waals surface area contributed by atoms with Crippen LogP contribution in [0.2, 0.25) is 0 Å². The molecule has 28 heavy (non-hydrogen) atoms. The molecule has 0 saturated carbocycles. The third kappa shape index (κ3) is 3.71. The summed E-state index contributed by atoms with van der Waals surface area (Å²) in [4.78, 5) is 4.01. The van der Waals surface area contributed by atoms with Crippen LogP contribution < -0.4 is 10.1 Å². The summed E-state index contributed by atoms with van der Waals surface area (Å²) >= 11 is 0. The van der Waals surface area contributed by atoms with Crippen molar-refractivity contribution in [3.05, 3.63) is 78.1 Å². The van der Waals surface area contributed by atoms with E-state index in [0.29, 0.717) is 18.3 Å². The smallest absolute Gasteiger partial charge is 0.250 e. The fourth-order valence-electron chi connectivity index (χ4n) is 3.00. The molecule has 0 unspecified atom stereocenters. The van der Waals surface area contributed by atoms with Gasteiger partial charge in [0.1, 0.15) is 5.75 Å². The van der Waals surface area contributed by atoms with Gasteiger partial charge >= 0.3 is 0 Å². The van der Waals surface area contributed by atoms with Gasteiger partial charge in [0, 0.05) is 35.8 Å². The molecule has 6 nitrogen and oxygen atoms in total. The van der Waals surface area contributed by atoms with Gasteiger partial charge in [0.15, 0.2) is 0 Å². The van der Waals surface area contributed by atoms with Crippen molar-refractivity contribution in [1.82, 2.24) is 15.2 Å². The van der Waals surface area contributed by atoms with Gasteiger partial charge in [-0.05, 0) is 37.3 Å². The van der Waals surface area contributed by atoms with E-state index in [1.54, 1.807) is 19.5 Å². The molecule has 2 aromatic carbocycles. The molecule has 0 radical (unpaired) electrons. The maximum atomic E-state index is 5.90. The highest BCUT2D eigenvalue weighted by Gasteiger charge is 2.14. The summed E-state index contributed by atoms with van der Waals surface area (Å²) in [6, 6.07) is 17.7. The number of hydrogen-bond donors (Lipinski definition) is 1. The Morgan fingerprint density at radius 1 is 0.964 bits per heavy atom. The minimum atomic E-state index is 0.464. The molecule has 0 aliphatic rings. The topological polar surface area (TPSA) is 73.1 Å². The number of methoxy groups -OCH3 is 1. The Morgan fingerprint density at radius 2 is 1.75 bits per heavy atom. The number of aryl methyl sites for hydroxylation is 1. The van der Waals surface area contributed by atoms with Crippen molar-refractivity contribution in [2.45, 2.75) is 13.5 Å². The van der Waals surface area contributed by atoms with Crippen LogP contribution >= 0.6 is 0 Å². The maximum absolute atomic E-state index is 5.90. The first-order chi connectivity index (χ1) is 13.7. The Labute approximate surface area is 163 Å². The molecule has 0 aliphatic heterocycles. The quantitative estimate of drug-likeness (QED) is 0.528. The zero-order valence-electron chi connectivity index (χ0n) is 15.7. The molecule has 6 heteroatoms. The van der Waals surface area contributed by atoms with Gasteiger partial charge in [0.25, 0.3) is 0 Å². The number of pyridine rings is 1. The highest BCUT2D eigenvalue weighted by Crippen LogP contribution is 2.30. The van der Waals surface area contributed by atoms with Crippen molar-refractivity contribution in [1.29, 1.82) is 0 Å². The molecular weight excluding hydrogens is 352 g/mol. The first-order valence-corrected chi connectivity index (χ1v) is 8.95. The third-order valence-corrected chi connectivity index (χ3v) is 4.41. The molecule has 2 heterocycles. The number of benzene rings is 2. The zero-order chi connectivity index (χ0) is 19.3. The van der Waals surface area contributed by atoms with E-state index in [0.717, 1.165) is 28.1 Å². The summed E-state index contributed by atoms with van der Waals surface area (Å²) in [6.07, 6.45) is 3.40. The number of aromatic nitrogens is 3. The van der Waals surface area contributed by atoms with Crippen LogP contribution in [0.5, 0.6) is 5.75 Å². The van der Waals surface area contributed by atoms with E-state index in [1.807, 2.05) is 48.5 Å². The highest BCUT2D eigenvalue weighted by molar-refractivity contribution is 5.73. The van der Waals surface area contributed by atoms with Crippen molar-refractivity contribution in [3.63, 3.8) is 0 Å². The standard InChI is InChI=1S/C22H20N4O2/c1-15-7-8-20(27-2)17(13-15)14-24-19-6-4-3-5-18(19)22-26-25-21(28-22)16-9-11-23-12-10-16/h3-13,24H,14H2,1-2H3. The fourth-order valence-corrected chi connectivity index (χ4v) is 3.00. The molecule has 140 valence electrons. The van der Waals surface area contributed by atoms with Gasteiger partial charge in [0.05, 0.1) is 12.7 Å². The Balaban J connectivity index is 1.60. The molecule has 0 saturated heterocycles. The minimum absolute atomic E-state index is 0.464. The van der Waals surface area contributed by atoms with E-state index >= 15 is 0 Å². The summed E-state index contributed by atoms with van der Waals surface area (Å²) in [7, 11) is 1.68. The van der Waals surface area contributed by atoms with E-state index in [1.165, 1.54) is 5.56 Å². The molecule has 0 aliphatic carbocycles. The predicted molar refractivity (Wildman–Crippen MR) is 108 cm³/mol. The third-order valence-electron chi connectivity index (χ3n) is 4.41. The van der Waals surface area contributed by atoms with Crippen molar-refractivity contribution in [2.24, 2.45) is 0 Å². The second kappa shape index (κ2) is 7.92. The van der Waals surface area contributed by atoms with Gasteiger partial charge in [-0.15, -0.1) is 10.2 Å². The average molecular weight is 372 g/mol. The lowest BCUT2D eigenvalue weighted by molar-refractivity contribution is 0.410. The molecule has 0 fully saturated rings. The van der Waals surface area contributed by atoms with Crippen molar-refractivity contribution in [3.8, 4) is 28.7 Å². The lowest BCUT2D eigenvalue weighted by atomic mass is 10.1. The Morgan fingerprint density at radius 3 is 2.57 bits per heavy atom. The number of hydrogen-bond acceptors (Lipinski definition) is 6. The van der Waals surface area contributed by atoms with Crippen LogP contribution in [0, 0.1) is 6.92 Å². The van der Waals surface area contributed by atoms with E-state index in [2.05, 4.69) is 33.5 Å². The summed E-state index contributed by atoms with van der Waals surface area (Å²) in [5.74, 6) is 1.78. The normalized spacial score (nSPS) is 10.6. The van der Waals surface area contributed by atoms with Crippen LogP contribution in [0.1, 0.15) is 11.1 Å². The molecule has 0 atom stereocenters. The van der Waals surface area contributed by atoms with E-state index < -0.39 is 0 Å². The second-order valence-electron chi connectivity index (χ2n) is 6.36. The lowest BCUT2D eigenvalue weighted by Crippen LogP contribution is -2.03. The van der Waals surface area contributed by atoms with Crippen LogP contribution in [0.3, 0.4) is 0 Å². The van der Waals surface area contributed by atoms with Gasteiger partial charge in [-0.1, -0.05) is 29.8 Å². The lowest BCUT2D eigenvalue weighted by Gasteiger charge is -2.13. The molecule has 0 amide bonds. The summed E-state index contributed by atoms with van der Waals surface area (Å²) in [5.41, 5.74) is 4.87. The number of ether oxygens (including phenoxy) is 1. The van der Waals surface area contributed by atoms with Crippen molar-refractivity contribution < 1.29 is 9.15 Å². The molecule has 2 aromatic heterocycles. The van der Waals surface area contributed by atoms with E-state index in [-0.39, 0.29) is 0 Å². The highest BCUT2D eigenvalue weighted by atomic mass is 16.5. The monoisotopic (exact) mass is 372 g/mol. The van der Waals surface area contributed by atoms with Crippen LogP contribution in [0.25, 0.3) is 22.9 Å². The number of anilines is 1. The molecule has 0 spiro atoms. The second-order valence-corrected chi connectivity index (χ2v) is 6.36. The maximum Gasteiger partial charge on any atom is 0.250 e. The average Bonchev–Trinajstić information content (AvgIpc) is 3.23. The van der Waals surface area contributed by atoms with E-state index in [4.69, 9.17) is 9.15 Å². The number of rotatable bonds is 6. The Bertz CT molecular complexity index is 1080. The Hall–Kier alpha value is -3.67. The van der Waals surface area contributed by atoms with Gasteiger partial charge in [-0.25, -0.2) is 0 Å². The number of para-hydroxylation sites is 1. The Kier molecular flexibility index (Phi) is 5.01. The first-order valence-electron chi connectivity index (χ1n) is 8.95. The molecular formula is C22H20N4O2. The molecule has 1 N–H and O–H groups in total. The van der Waals surface area contributed by atoms with Gasteiger partial charge in [-0.2, -0.15) is 0 Å². The predicted octanol–water partition coefficient (Wildman–Crippen LogP) is 4.73. The van der Waals surface area contributed by atoms with Gasteiger partial charge in [-0.3, -0.25) is 4.98 Å².